The van der Waals surface area contributed by atoms with Crippen LogP contribution in [0.3, 0.4) is 0 Å². The molecule has 0 spiro atoms. The molecule has 1 aliphatic heterocycles. The first-order chi connectivity index (χ1) is 12.8. The summed E-state index contributed by atoms with van der Waals surface area (Å²) in [5.74, 6) is -0.0987. The molecule has 0 atom stereocenters. The number of carboxylic acid groups (broad SMARTS) is 1. The highest BCUT2D eigenvalue weighted by Gasteiger charge is 2.23. The van der Waals surface area contributed by atoms with Crippen molar-refractivity contribution in [2.75, 3.05) is 6.61 Å². The molecular formula is C24H24O3. The number of fused-ring (bicyclic) bond motifs is 1. The molecule has 0 radical (unpaired) electrons. The van der Waals surface area contributed by atoms with Gasteiger partial charge in [0.15, 0.2) is 0 Å². The second-order valence-electron chi connectivity index (χ2n) is 7.51. The zero-order valence-corrected chi connectivity index (χ0v) is 15.9. The van der Waals surface area contributed by atoms with Gasteiger partial charge in [-0.05, 0) is 41.3 Å². The highest BCUT2D eigenvalue weighted by Crippen LogP contribution is 2.38. The van der Waals surface area contributed by atoms with Gasteiger partial charge in [-0.2, -0.15) is 0 Å². The SMILES string of the molecule is CC(C=CC1=CC(C)(C)COc2ccc(-c3ccccc3)cc21)=CC(=O)O. The number of carbonyl (C=O) groups is 1. The minimum Gasteiger partial charge on any atom is -0.492 e. The van der Waals surface area contributed by atoms with Gasteiger partial charge in [0, 0.05) is 17.1 Å². The molecule has 3 nitrogen and oxygen atoms in total. The molecule has 0 amide bonds. The van der Waals surface area contributed by atoms with Gasteiger partial charge in [0.2, 0.25) is 0 Å². The van der Waals surface area contributed by atoms with E-state index < -0.39 is 5.97 Å². The third-order valence-corrected chi connectivity index (χ3v) is 4.42. The molecule has 0 aromatic heterocycles. The van der Waals surface area contributed by atoms with E-state index in [1.54, 1.807) is 6.92 Å². The lowest BCUT2D eigenvalue weighted by atomic mass is 9.89. The number of benzene rings is 2. The zero-order valence-electron chi connectivity index (χ0n) is 15.9. The Hall–Kier alpha value is -3.07. The van der Waals surface area contributed by atoms with Crippen LogP contribution >= 0.6 is 0 Å². The van der Waals surface area contributed by atoms with E-state index in [4.69, 9.17) is 9.84 Å². The van der Waals surface area contributed by atoms with Gasteiger partial charge in [0.1, 0.15) is 5.75 Å². The van der Waals surface area contributed by atoms with Crippen LogP contribution in [0.25, 0.3) is 16.7 Å². The van der Waals surface area contributed by atoms with Crippen molar-refractivity contribution >= 4 is 11.5 Å². The van der Waals surface area contributed by atoms with Crippen LogP contribution in [0, 0.1) is 5.41 Å². The molecule has 0 fully saturated rings. The normalized spacial score (nSPS) is 16.3. The molecule has 1 heterocycles. The maximum absolute atomic E-state index is 10.9. The van der Waals surface area contributed by atoms with Crippen molar-refractivity contribution in [2.24, 2.45) is 5.41 Å². The Morgan fingerprint density at radius 1 is 1.11 bits per heavy atom. The molecule has 27 heavy (non-hydrogen) atoms. The van der Waals surface area contributed by atoms with Crippen LogP contribution in [-0.2, 0) is 4.79 Å². The second kappa shape index (κ2) is 7.67. The Labute approximate surface area is 160 Å². The van der Waals surface area contributed by atoms with Gasteiger partial charge in [-0.15, -0.1) is 0 Å². The summed E-state index contributed by atoms with van der Waals surface area (Å²) in [6, 6.07) is 16.5. The van der Waals surface area contributed by atoms with E-state index in [1.807, 2.05) is 36.4 Å². The molecule has 0 aliphatic carbocycles. The molecule has 0 unspecified atom stereocenters. The summed E-state index contributed by atoms with van der Waals surface area (Å²) >= 11 is 0. The third kappa shape index (κ3) is 4.76. The number of ether oxygens (including phenoxy) is 1. The average Bonchev–Trinajstić information content (AvgIpc) is 2.76. The monoisotopic (exact) mass is 360 g/mol. The lowest BCUT2D eigenvalue weighted by molar-refractivity contribution is -0.131. The topological polar surface area (TPSA) is 46.5 Å². The molecule has 0 saturated heterocycles. The molecule has 1 aliphatic rings. The van der Waals surface area contributed by atoms with Crippen molar-refractivity contribution in [3.05, 3.63) is 84.0 Å². The summed E-state index contributed by atoms with van der Waals surface area (Å²) in [6.45, 7) is 6.63. The van der Waals surface area contributed by atoms with E-state index in [2.05, 4.69) is 44.2 Å². The molecule has 138 valence electrons. The summed E-state index contributed by atoms with van der Waals surface area (Å²) in [5.41, 5.74) is 4.87. The van der Waals surface area contributed by atoms with Crippen molar-refractivity contribution < 1.29 is 14.6 Å². The van der Waals surface area contributed by atoms with Crippen LogP contribution < -0.4 is 4.74 Å². The molecule has 3 heteroatoms. The zero-order chi connectivity index (χ0) is 19.4. The van der Waals surface area contributed by atoms with Crippen LogP contribution in [0.5, 0.6) is 5.75 Å². The largest absolute Gasteiger partial charge is 0.492 e. The Bertz CT molecular complexity index is 931. The average molecular weight is 360 g/mol. The van der Waals surface area contributed by atoms with Crippen LogP contribution in [-0.4, -0.2) is 17.7 Å². The third-order valence-electron chi connectivity index (χ3n) is 4.42. The second-order valence-corrected chi connectivity index (χ2v) is 7.51. The highest BCUT2D eigenvalue weighted by atomic mass is 16.5. The van der Waals surface area contributed by atoms with E-state index >= 15 is 0 Å². The number of hydrogen-bond donors (Lipinski definition) is 1. The number of rotatable bonds is 4. The predicted molar refractivity (Wildman–Crippen MR) is 110 cm³/mol. The van der Waals surface area contributed by atoms with Crippen LogP contribution in [0.15, 0.2) is 78.4 Å². The van der Waals surface area contributed by atoms with Crippen molar-refractivity contribution in [1.82, 2.24) is 0 Å². The summed E-state index contributed by atoms with van der Waals surface area (Å²) in [4.78, 5) is 10.9. The van der Waals surface area contributed by atoms with Gasteiger partial charge in [-0.25, -0.2) is 4.79 Å². The maximum Gasteiger partial charge on any atom is 0.328 e. The Morgan fingerprint density at radius 2 is 1.85 bits per heavy atom. The first-order valence-corrected chi connectivity index (χ1v) is 8.99. The minimum absolute atomic E-state index is 0.129. The quantitative estimate of drug-likeness (QED) is 0.558. The van der Waals surface area contributed by atoms with E-state index in [1.165, 1.54) is 6.08 Å². The van der Waals surface area contributed by atoms with E-state index in [9.17, 15) is 4.79 Å². The molecular weight excluding hydrogens is 336 g/mol. The number of hydrogen-bond acceptors (Lipinski definition) is 2. The van der Waals surface area contributed by atoms with Gasteiger partial charge >= 0.3 is 5.97 Å². The summed E-state index contributed by atoms with van der Waals surface area (Å²) in [7, 11) is 0. The highest BCUT2D eigenvalue weighted by molar-refractivity contribution is 5.84. The van der Waals surface area contributed by atoms with Crippen molar-refractivity contribution in [2.45, 2.75) is 20.8 Å². The summed E-state index contributed by atoms with van der Waals surface area (Å²) < 4.78 is 6.06. The molecule has 0 bridgehead atoms. The van der Waals surface area contributed by atoms with E-state index in [0.29, 0.717) is 12.2 Å². The molecule has 0 saturated carbocycles. The van der Waals surface area contributed by atoms with Gasteiger partial charge in [0.05, 0.1) is 6.61 Å². The first kappa shape index (κ1) is 18.7. The number of carboxylic acids is 1. The van der Waals surface area contributed by atoms with Crippen LogP contribution in [0.4, 0.5) is 0 Å². The molecule has 1 N–H and O–H groups in total. The fourth-order valence-electron chi connectivity index (χ4n) is 3.10. The molecule has 2 aromatic rings. The Kier molecular flexibility index (Phi) is 5.31. The van der Waals surface area contributed by atoms with Crippen LogP contribution in [0.2, 0.25) is 0 Å². The van der Waals surface area contributed by atoms with Gasteiger partial charge in [-0.1, -0.05) is 68.5 Å². The summed E-state index contributed by atoms with van der Waals surface area (Å²) in [5, 5.41) is 8.92. The first-order valence-electron chi connectivity index (χ1n) is 8.99. The maximum atomic E-state index is 10.9. The van der Waals surface area contributed by atoms with E-state index in [-0.39, 0.29) is 5.41 Å². The van der Waals surface area contributed by atoms with Crippen LogP contribution in [0.1, 0.15) is 26.3 Å². The van der Waals surface area contributed by atoms with Gasteiger partial charge in [0.25, 0.3) is 0 Å². The lowest BCUT2D eigenvalue weighted by Gasteiger charge is -2.18. The van der Waals surface area contributed by atoms with E-state index in [0.717, 1.165) is 28.0 Å². The Balaban J connectivity index is 2.07. The molecule has 3 rings (SSSR count). The summed E-state index contributed by atoms with van der Waals surface area (Å²) in [6.07, 6.45) is 7.20. The smallest absolute Gasteiger partial charge is 0.328 e. The van der Waals surface area contributed by atoms with Crippen molar-refractivity contribution in [3.63, 3.8) is 0 Å². The number of allylic oxidation sites excluding steroid dienone is 4. The Morgan fingerprint density at radius 3 is 2.56 bits per heavy atom. The lowest BCUT2D eigenvalue weighted by Crippen LogP contribution is -2.17. The van der Waals surface area contributed by atoms with Crippen molar-refractivity contribution in [3.8, 4) is 16.9 Å². The number of aliphatic carboxylic acids is 1. The van der Waals surface area contributed by atoms with Gasteiger partial charge in [-0.3, -0.25) is 0 Å². The fourth-order valence-corrected chi connectivity index (χ4v) is 3.10. The molecule has 2 aromatic carbocycles. The minimum atomic E-state index is -0.942. The predicted octanol–water partition coefficient (Wildman–Crippen LogP) is 5.74. The van der Waals surface area contributed by atoms with Gasteiger partial charge < -0.3 is 9.84 Å². The standard InChI is InChI=1S/C24H24O3/c1-17(13-23(25)26)9-10-20-15-24(2,3)16-27-22-12-11-19(14-21(20)22)18-7-5-4-6-8-18/h4-15H,16H2,1-3H3,(H,25,26). The fraction of sp³-hybridized carbons (Fsp3) is 0.208. The van der Waals surface area contributed by atoms with Crippen molar-refractivity contribution in [1.29, 1.82) is 0 Å².